The quantitative estimate of drug-likeness (QED) is 0.650. The highest BCUT2D eigenvalue weighted by atomic mass is 16.2. The number of nitrogens with zero attached hydrogens (tertiary/aromatic N) is 1. The molecule has 0 radical (unpaired) electrons. The number of carbonyl (C=O) groups excluding carboxylic acids is 1. The number of aromatic amines is 1. The van der Waals surface area contributed by atoms with Gasteiger partial charge in [-0.25, -0.2) is 4.98 Å². The summed E-state index contributed by atoms with van der Waals surface area (Å²) in [6, 6.07) is 17.1. The van der Waals surface area contributed by atoms with Gasteiger partial charge in [-0.3, -0.25) is 9.59 Å². The third-order valence-corrected chi connectivity index (χ3v) is 5.69. The van der Waals surface area contributed by atoms with Crippen LogP contribution < -0.4 is 15.8 Å². The van der Waals surface area contributed by atoms with Crippen LogP contribution in [0.1, 0.15) is 31.6 Å². The predicted octanol–water partition coefficient (Wildman–Crippen LogP) is 1.92. The summed E-state index contributed by atoms with van der Waals surface area (Å²) in [4.78, 5) is 33.8. The minimum Gasteiger partial charge on any atom is -0.326 e. The number of hydrogen-bond acceptors (Lipinski definition) is 3. The van der Waals surface area contributed by atoms with E-state index in [0.717, 1.165) is 37.1 Å². The molecule has 1 atom stereocenters. The summed E-state index contributed by atoms with van der Waals surface area (Å²) < 4.78 is 0. The van der Waals surface area contributed by atoms with Gasteiger partial charge in [0.1, 0.15) is 6.04 Å². The molecule has 6 nitrogen and oxygen atoms in total. The van der Waals surface area contributed by atoms with Gasteiger partial charge in [-0.2, -0.15) is 0 Å². The van der Waals surface area contributed by atoms with E-state index in [-0.39, 0.29) is 23.4 Å². The number of carbonyl (C=O) groups is 1. The molecule has 1 aliphatic rings. The molecule has 1 fully saturated rings. The van der Waals surface area contributed by atoms with Crippen LogP contribution in [0.2, 0.25) is 0 Å². The van der Waals surface area contributed by atoms with Gasteiger partial charge in [-0.05, 0) is 31.2 Å². The molecule has 0 spiro atoms. The fourth-order valence-electron chi connectivity index (χ4n) is 3.95. The summed E-state index contributed by atoms with van der Waals surface area (Å²) in [6.07, 6.45) is 1.66. The second-order valence-corrected chi connectivity index (χ2v) is 7.48. The Balaban J connectivity index is 1.41. The molecular weight excluding hydrogens is 352 g/mol. The van der Waals surface area contributed by atoms with Gasteiger partial charge in [0.25, 0.3) is 5.56 Å². The third-order valence-electron chi connectivity index (χ3n) is 5.69. The molecule has 0 aliphatic carbocycles. The average molecular weight is 377 g/mol. The third kappa shape index (κ3) is 3.82. The Labute approximate surface area is 163 Å². The first kappa shape index (κ1) is 18.4. The number of rotatable bonds is 4. The Morgan fingerprint density at radius 1 is 1.11 bits per heavy atom. The molecule has 2 aromatic carbocycles. The van der Waals surface area contributed by atoms with Crippen molar-refractivity contribution >= 4 is 22.5 Å². The lowest BCUT2D eigenvalue weighted by atomic mass is 9.94. The second-order valence-electron chi connectivity index (χ2n) is 7.48. The molecule has 3 N–H and O–H groups in total. The monoisotopic (exact) mass is 377 g/mol. The Bertz CT molecular complexity index is 1020. The number of likely N-dealkylation sites (tertiary alicyclic amines) is 1. The van der Waals surface area contributed by atoms with Crippen LogP contribution in [0.25, 0.3) is 10.9 Å². The number of H-pyrrole nitrogens is 1. The minimum absolute atomic E-state index is 0.0276. The van der Waals surface area contributed by atoms with E-state index >= 15 is 0 Å². The molecule has 1 amide bonds. The molecule has 144 valence electrons. The lowest BCUT2D eigenvalue weighted by molar-refractivity contribution is -0.935. The molecule has 3 aromatic rings. The number of benzene rings is 2. The van der Waals surface area contributed by atoms with E-state index in [1.165, 1.54) is 4.90 Å². The first-order valence-electron chi connectivity index (χ1n) is 9.81. The van der Waals surface area contributed by atoms with Crippen LogP contribution in [0.15, 0.2) is 59.4 Å². The minimum atomic E-state index is -0.0935. The fraction of sp³-hybridized carbons (Fsp3) is 0.318. The van der Waals surface area contributed by atoms with E-state index in [9.17, 15) is 9.59 Å². The summed E-state index contributed by atoms with van der Waals surface area (Å²) in [5.74, 6) is 0.834. The van der Waals surface area contributed by atoms with E-state index in [1.807, 2.05) is 48.5 Å². The van der Waals surface area contributed by atoms with Crippen molar-refractivity contribution in [3.63, 3.8) is 0 Å². The van der Waals surface area contributed by atoms with Crippen molar-refractivity contribution in [2.24, 2.45) is 5.92 Å². The van der Waals surface area contributed by atoms with Gasteiger partial charge in [0.2, 0.25) is 5.91 Å². The molecular formula is C22H25N4O2+. The van der Waals surface area contributed by atoms with E-state index < -0.39 is 0 Å². The Morgan fingerprint density at radius 3 is 2.54 bits per heavy atom. The van der Waals surface area contributed by atoms with Gasteiger partial charge in [-0.1, -0.05) is 30.3 Å². The summed E-state index contributed by atoms with van der Waals surface area (Å²) in [7, 11) is 0. The van der Waals surface area contributed by atoms with Gasteiger partial charge in [0, 0.05) is 24.4 Å². The molecule has 0 bridgehead atoms. The van der Waals surface area contributed by atoms with E-state index in [4.69, 9.17) is 0 Å². The second kappa shape index (κ2) is 7.94. The molecule has 1 saturated heterocycles. The van der Waals surface area contributed by atoms with Gasteiger partial charge in [-0.15, -0.1) is 0 Å². The summed E-state index contributed by atoms with van der Waals surface area (Å²) in [5.41, 5.74) is 1.47. The summed E-state index contributed by atoms with van der Waals surface area (Å²) in [6.45, 7) is 3.85. The van der Waals surface area contributed by atoms with Crippen molar-refractivity contribution in [3.05, 3.63) is 70.8 Å². The molecule has 6 heteroatoms. The van der Waals surface area contributed by atoms with Gasteiger partial charge < -0.3 is 15.2 Å². The molecule has 0 saturated carbocycles. The largest absolute Gasteiger partial charge is 0.326 e. The van der Waals surface area contributed by atoms with Gasteiger partial charge in [0.05, 0.1) is 24.0 Å². The molecule has 28 heavy (non-hydrogen) atoms. The smallest absolute Gasteiger partial charge is 0.258 e. The number of hydrogen-bond donors (Lipinski definition) is 3. The summed E-state index contributed by atoms with van der Waals surface area (Å²) in [5, 5.41) is 3.62. The summed E-state index contributed by atoms with van der Waals surface area (Å²) >= 11 is 0. The normalized spacial score (nSPS) is 20.6. The molecule has 0 unspecified atom stereocenters. The van der Waals surface area contributed by atoms with E-state index in [0.29, 0.717) is 11.2 Å². The maximum absolute atomic E-state index is 12.5. The topological polar surface area (TPSA) is 79.3 Å². The zero-order valence-corrected chi connectivity index (χ0v) is 15.9. The van der Waals surface area contributed by atoms with Crippen LogP contribution in [-0.2, 0) is 4.79 Å². The number of nitrogens with one attached hydrogen (secondary N) is 3. The van der Waals surface area contributed by atoms with Crippen molar-refractivity contribution in [1.82, 2.24) is 9.97 Å². The van der Waals surface area contributed by atoms with Crippen molar-refractivity contribution in [3.8, 4) is 0 Å². The van der Waals surface area contributed by atoms with Gasteiger partial charge in [0.15, 0.2) is 5.82 Å². The standard InChI is InChI=1S/C22H24N4O2/c1-15(20-24-19-10-6-5-9-18(19)22(28)25-20)26-13-11-16(12-14-26)21(27)23-17-7-3-2-4-8-17/h2-10,15-16H,11-14H2,1H3,(H,23,27)(H,24,25,28)/p+1/t15-/m1/s1. The highest BCUT2D eigenvalue weighted by Gasteiger charge is 2.31. The Kier molecular flexibility index (Phi) is 5.21. The SMILES string of the molecule is C[C@H](c1nc2ccccc2c(=O)[nH]1)[NH+]1CCC(C(=O)Nc2ccccc2)CC1. The van der Waals surface area contributed by atoms with Crippen molar-refractivity contribution in [1.29, 1.82) is 0 Å². The zero-order chi connectivity index (χ0) is 19.5. The number of anilines is 1. The highest BCUT2D eigenvalue weighted by molar-refractivity contribution is 5.92. The van der Waals surface area contributed by atoms with Crippen LogP contribution in [0, 0.1) is 5.92 Å². The Morgan fingerprint density at radius 2 is 1.79 bits per heavy atom. The fourth-order valence-corrected chi connectivity index (χ4v) is 3.95. The average Bonchev–Trinajstić information content (AvgIpc) is 2.74. The lowest BCUT2D eigenvalue weighted by Gasteiger charge is -2.32. The first-order valence-corrected chi connectivity index (χ1v) is 9.81. The zero-order valence-electron chi connectivity index (χ0n) is 15.9. The molecule has 1 aliphatic heterocycles. The van der Waals surface area contributed by atoms with Crippen molar-refractivity contribution < 1.29 is 9.69 Å². The molecule has 4 rings (SSSR count). The maximum Gasteiger partial charge on any atom is 0.258 e. The van der Waals surface area contributed by atoms with Gasteiger partial charge >= 0.3 is 0 Å². The number of fused-ring (bicyclic) bond motifs is 1. The number of quaternary nitrogens is 1. The molecule has 2 heterocycles. The highest BCUT2D eigenvalue weighted by Crippen LogP contribution is 2.16. The maximum atomic E-state index is 12.5. The molecule has 1 aromatic heterocycles. The van der Waals surface area contributed by atoms with Crippen LogP contribution in [0.4, 0.5) is 5.69 Å². The van der Waals surface area contributed by atoms with Crippen molar-refractivity contribution in [2.45, 2.75) is 25.8 Å². The van der Waals surface area contributed by atoms with E-state index in [1.54, 1.807) is 6.07 Å². The van der Waals surface area contributed by atoms with Crippen LogP contribution >= 0.6 is 0 Å². The Hall–Kier alpha value is -2.99. The lowest BCUT2D eigenvalue weighted by Crippen LogP contribution is -3.13. The van der Waals surface area contributed by atoms with Crippen molar-refractivity contribution in [2.75, 3.05) is 18.4 Å². The van der Waals surface area contributed by atoms with Crippen LogP contribution in [0.3, 0.4) is 0 Å². The number of aromatic nitrogens is 2. The number of amides is 1. The first-order chi connectivity index (χ1) is 13.6. The van der Waals surface area contributed by atoms with E-state index in [2.05, 4.69) is 22.2 Å². The number of para-hydroxylation sites is 2. The predicted molar refractivity (Wildman–Crippen MR) is 109 cm³/mol. The van der Waals surface area contributed by atoms with Crippen LogP contribution in [0.5, 0.6) is 0 Å². The van der Waals surface area contributed by atoms with Crippen LogP contribution in [-0.4, -0.2) is 29.0 Å². The number of piperidine rings is 1.